The number of allylic oxidation sites excluding steroid dienone is 6. The maximum atomic E-state index is 10.1. The van der Waals surface area contributed by atoms with E-state index in [4.69, 9.17) is 0 Å². The standard InChI is InChI=1S/C10H13BrO/c1-3-4-5-9(2)8-10(11)6-7-12/h3-7H,8H2,1-2H3/b4-3-,9-5+,10-6-. The molecule has 0 fully saturated rings. The number of carbonyl (C=O) groups is 1. The number of hydrogen-bond donors (Lipinski definition) is 0. The van der Waals surface area contributed by atoms with Crippen LogP contribution in [-0.2, 0) is 4.79 Å². The number of aldehydes is 1. The molecule has 0 unspecified atom stereocenters. The highest BCUT2D eigenvalue weighted by Crippen LogP contribution is 2.15. The second-order valence-corrected chi connectivity index (χ2v) is 3.48. The van der Waals surface area contributed by atoms with Crippen LogP contribution in [0, 0.1) is 0 Å². The van der Waals surface area contributed by atoms with E-state index in [1.165, 1.54) is 11.6 Å². The first kappa shape index (κ1) is 11.4. The summed E-state index contributed by atoms with van der Waals surface area (Å²) in [5.74, 6) is 0. The summed E-state index contributed by atoms with van der Waals surface area (Å²) in [5, 5.41) is 0. The van der Waals surface area contributed by atoms with E-state index in [1.54, 1.807) is 0 Å². The van der Waals surface area contributed by atoms with Crippen LogP contribution in [0.1, 0.15) is 20.3 Å². The zero-order valence-corrected chi connectivity index (χ0v) is 8.97. The first-order chi connectivity index (χ1) is 5.70. The smallest absolute Gasteiger partial charge is 0.143 e. The molecular weight excluding hydrogens is 216 g/mol. The minimum absolute atomic E-state index is 0.785. The van der Waals surface area contributed by atoms with Gasteiger partial charge in [-0.05, 0) is 19.9 Å². The fraction of sp³-hybridized carbons (Fsp3) is 0.300. The lowest BCUT2D eigenvalue weighted by Crippen LogP contribution is -1.77. The summed E-state index contributed by atoms with van der Waals surface area (Å²) in [6.45, 7) is 4.00. The van der Waals surface area contributed by atoms with Gasteiger partial charge >= 0.3 is 0 Å². The fourth-order valence-electron chi connectivity index (χ4n) is 0.719. The van der Waals surface area contributed by atoms with Gasteiger partial charge in [0.1, 0.15) is 6.29 Å². The van der Waals surface area contributed by atoms with Crippen LogP contribution in [0.25, 0.3) is 0 Å². The molecule has 0 heterocycles. The van der Waals surface area contributed by atoms with Gasteiger partial charge in [-0.15, -0.1) is 0 Å². The zero-order valence-electron chi connectivity index (χ0n) is 7.38. The quantitative estimate of drug-likeness (QED) is 0.410. The van der Waals surface area contributed by atoms with Crippen LogP contribution < -0.4 is 0 Å². The van der Waals surface area contributed by atoms with Crippen LogP contribution >= 0.6 is 15.9 Å². The lowest BCUT2D eigenvalue weighted by molar-refractivity contribution is -0.104. The third kappa shape index (κ3) is 6.10. The Morgan fingerprint density at radius 3 is 2.58 bits per heavy atom. The normalized spacial score (nSPS) is 13.9. The number of halogens is 1. The number of rotatable bonds is 4. The molecule has 12 heavy (non-hydrogen) atoms. The SMILES string of the molecule is C/C=C\C=C(/C)C/C(Br)=C/C=O. The molecule has 0 aliphatic heterocycles. The summed E-state index contributed by atoms with van der Waals surface area (Å²) in [6.07, 6.45) is 9.08. The Hall–Kier alpha value is -0.630. The lowest BCUT2D eigenvalue weighted by Gasteiger charge is -1.96. The Morgan fingerprint density at radius 1 is 1.42 bits per heavy atom. The fourth-order valence-corrected chi connectivity index (χ4v) is 1.27. The molecular formula is C10H13BrO. The van der Waals surface area contributed by atoms with Gasteiger partial charge in [-0.1, -0.05) is 39.7 Å². The molecule has 0 radical (unpaired) electrons. The van der Waals surface area contributed by atoms with Gasteiger partial charge in [0.15, 0.2) is 0 Å². The molecule has 1 nitrogen and oxygen atoms in total. The summed E-state index contributed by atoms with van der Waals surface area (Å²) < 4.78 is 0.913. The van der Waals surface area contributed by atoms with Crippen LogP contribution in [0.15, 0.2) is 34.4 Å². The van der Waals surface area contributed by atoms with E-state index in [2.05, 4.69) is 15.9 Å². The van der Waals surface area contributed by atoms with E-state index in [1.807, 2.05) is 32.1 Å². The summed E-state index contributed by atoms with van der Waals surface area (Å²) in [6, 6.07) is 0. The van der Waals surface area contributed by atoms with Crippen molar-refractivity contribution in [2.75, 3.05) is 0 Å². The van der Waals surface area contributed by atoms with E-state index in [0.29, 0.717) is 0 Å². The summed E-state index contributed by atoms with van der Waals surface area (Å²) in [5.41, 5.74) is 1.22. The molecule has 0 spiro atoms. The van der Waals surface area contributed by atoms with Gasteiger partial charge in [-0.3, -0.25) is 4.79 Å². The molecule has 0 N–H and O–H groups in total. The first-order valence-electron chi connectivity index (χ1n) is 3.79. The molecule has 0 aliphatic carbocycles. The first-order valence-corrected chi connectivity index (χ1v) is 4.58. The molecule has 0 amide bonds. The van der Waals surface area contributed by atoms with Crippen molar-refractivity contribution in [2.45, 2.75) is 20.3 Å². The predicted octanol–water partition coefficient (Wildman–Crippen LogP) is 3.38. The Bertz CT molecular complexity index is 224. The molecule has 0 atom stereocenters. The summed E-state index contributed by atoms with van der Waals surface area (Å²) in [7, 11) is 0. The molecule has 0 aliphatic rings. The molecule has 0 aromatic rings. The third-order valence-electron chi connectivity index (χ3n) is 1.27. The third-order valence-corrected chi connectivity index (χ3v) is 1.81. The van der Waals surface area contributed by atoms with E-state index in [0.717, 1.165) is 17.2 Å². The van der Waals surface area contributed by atoms with Crippen molar-refractivity contribution in [3.63, 3.8) is 0 Å². The highest BCUT2D eigenvalue weighted by molar-refractivity contribution is 9.11. The average Bonchev–Trinajstić information content (AvgIpc) is 2.01. The molecule has 66 valence electrons. The maximum absolute atomic E-state index is 10.1. The molecule has 0 saturated carbocycles. The highest BCUT2D eigenvalue weighted by Gasteiger charge is 1.91. The molecule has 0 aromatic heterocycles. The predicted molar refractivity (Wildman–Crippen MR) is 56.3 cm³/mol. The number of hydrogen-bond acceptors (Lipinski definition) is 1. The Morgan fingerprint density at radius 2 is 2.08 bits per heavy atom. The summed E-state index contributed by atoms with van der Waals surface area (Å²) in [4.78, 5) is 10.1. The van der Waals surface area contributed by atoms with Gasteiger partial charge in [0.25, 0.3) is 0 Å². The van der Waals surface area contributed by atoms with Crippen LogP contribution in [0.3, 0.4) is 0 Å². The van der Waals surface area contributed by atoms with Gasteiger partial charge in [-0.25, -0.2) is 0 Å². The Kier molecular flexibility index (Phi) is 6.67. The Labute approximate surface area is 82.0 Å². The minimum atomic E-state index is 0.785. The van der Waals surface area contributed by atoms with Crippen molar-refractivity contribution >= 4 is 22.2 Å². The van der Waals surface area contributed by atoms with Crippen LogP contribution in [0.2, 0.25) is 0 Å². The molecule has 0 saturated heterocycles. The molecule has 0 aromatic carbocycles. The van der Waals surface area contributed by atoms with E-state index in [9.17, 15) is 4.79 Å². The molecule has 2 heteroatoms. The van der Waals surface area contributed by atoms with Crippen LogP contribution in [-0.4, -0.2) is 6.29 Å². The topological polar surface area (TPSA) is 17.1 Å². The maximum Gasteiger partial charge on any atom is 0.143 e. The van der Waals surface area contributed by atoms with Crippen LogP contribution in [0.5, 0.6) is 0 Å². The van der Waals surface area contributed by atoms with Crippen molar-refractivity contribution in [1.82, 2.24) is 0 Å². The largest absolute Gasteiger partial charge is 0.299 e. The van der Waals surface area contributed by atoms with Gasteiger partial charge in [0.05, 0.1) is 0 Å². The van der Waals surface area contributed by atoms with Crippen molar-refractivity contribution in [1.29, 1.82) is 0 Å². The summed E-state index contributed by atoms with van der Waals surface area (Å²) >= 11 is 3.30. The van der Waals surface area contributed by atoms with Crippen molar-refractivity contribution in [3.05, 3.63) is 34.4 Å². The van der Waals surface area contributed by atoms with E-state index in [-0.39, 0.29) is 0 Å². The van der Waals surface area contributed by atoms with Gasteiger partial charge in [-0.2, -0.15) is 0 Å². The van der Waals surface area contributed by atoms with Crippen molar-refractivity contribution < 1.29 is 4.79 Å². The van der Waals surface area contributed by atoms with Gasteiger partial charge in [0, 0.05) is 10.9 Å². The minimum Gasteiger partial charge on any atom is -0.299 e. The lowest BCUT2D eigenvalue weighted by atomic mass is 10.2. The second-order valence-electron chi connectivity index (χ2n) is 2.47. The average molecular weight is 229 g/mol. The van der Waals surface area contributed by atoms with Gasteiger partial charge < -0.3 is 0 Å². The van der Waals surface area contributed by atoms with Gasteiger partial charge in [0.2, 0.25) is 0 Å². The van der Waals surface area contributed by atoms with E-state index < -0.39 is 0 Å². The van der Waals surface area contributed by atoms with Crippen molar-refractivity contribution in [3.8, 4) is 0 Å². The van der Waals surface area contributed by atoms with E-state index >= 15 is 0 Å². The van der Waals surface area contributed by atoms with Crippen LogP contribution in [0.4, 0.5) is 0 Å². The molecule has 0 bridgehead atoms. The highest BCUT2D eigenvalue weighted by atomic mass is 79.9. The zero-order chi connectivity index (χ0) is 9.40. The molecule has 0 rings (SSSR count). The van der Waals surface area contributed by atoms with Crippen molar-refractivity contribution in [2.24, 2.45) is 0 Å². The monoisotopic (exact) mass is 228 g/mol. The second kappa shape index (κ2) is 7.04. The Balaban J connectivity index is 4.07. The number of carbonyl (C=O) groups excluding carboxylic acids is 1.